The maximum absolute atomic E-state index is 10.8. The molecule has 3 N–H and O–H groups in total. The molecule has 0 aliphatic carbocycles. The van der Waals surface area contributed by atoms with Gasteiger partial charge in [-0.1, -0.05) is 0 Å². The summed E-state index contributed by atoms with van der Waals surface area (Å²) >= 11 is 0. The Morgan fingerprint density at radius 1 is 1.40 bits per heavy atom. The molecule has 82 valence electrons. The highest BCUT2D eigenvalue weighted by Crippen LogP contribution is 2.31. The number of hydrogen-bond acceptors (Lipinski definition) is 4. The Bertz CT molecular complexity index is 376. The molecule has 5 nitrogen and oxygen atoms in total. The van der Waals surface area contributed by atoms with Crippen LogP contribution >= 0.6 is 0 Å². The van der Waals surface area contributed by atoms with Crippen molar-refractivity contribution >= 4 is 11.6 Å². The van der Waals surface area contributed by atoms with Crippen LogP contribution in [0.1, 0.15) is 12.5 Å². The van der Waals surface area contributed by atoms with Crippen molar-refractivity contribution in [3.8, 4) is 11.5 Å². The topological polar surface area (TPSA) is 78.8 Å². The normalized spacial score (nSPS) is 10.0. The molecule has 15 heavy (non-hydrogen) atoms. The van der Waals surface area contributed by atoms with Crippen molar-refractivity contribution in [3.05, 3.63) is 17.7 Å². The van der Waals surface area contributed by atoms with Gasteiger partial charge in [0, 0.05) is 25.7 Å². The number of anilines is 1. The van der Waals surface area contributed by atoms with Crippen LogP contribution in [-0.4, -0.2) is 23.2 Å². The van der Waals surface area contributed by atoms with E-state index in [0.717, 1.165) is 0 Å². The highest BCUT2D eigenvalue weighted by atomic mass is 16.5. The molecule has 0 bridgehead atoms. The Balaban J connectivity index is 3.02. The first-order valence-electron chi connectivity index (χ1n) is 4.36. The highest BCUT2D eigenvalue weighted by molar-refractivity contribution is 5.90. The minimum absolute atomic E-state index is 0.0293. The van der Waals surface area contributed by atoms with Gasteiger partial charge in [0.2, 0.25) is 5.91 Å². The van der Waals surface area contributed by atoms with Gasteiger partial charge >= 0.3 is 0 Å². The maximum Gasteiger partial charge on any atom is 0.221 e. The first-order chi connectivity index (χ1) is 7.04. The molecule has 0 saturated heterocycles. The number of hydrogen-bond donors (Lipinski definition) is 3. The van der Waals surface area contributed by atoms with E-state index in [1.165, 1.54) is 26.2 Å². The molecule has 5 heteroatoms. The number of phenolic OH excluding ortho intramolecular Hbond substituents is 2. The Morgan fingerprint density at radius 3 is 2.60 bits per heavy atom. The smallest absolute Gasteiger partial charge is 0.221 e. The van der Waals surface area contributed by atoms with Crippen LogP contribution in [0.2, 0.25) is 0 Å². The molecule has 1 rings (SSSR count). The number of rotatable bonds is 3. The molecule has 1 aromatic carbocycles. The molecule has 0 heterocycles. The van der Waals surface area contributed by atoms with Crippen LogP contribution in [0, 0.1) is 0 Å². The number of carbonyl (C=O) groups is 1. The van der Waals surface area contributed by atoms with E-state index in [-0.39, 0.29) is 29.7 Å². The summed E-state index contributed by atoms with van der Waals surface area (Å²) in [5.74, 6) is -0.447. The Kier molecular flexibility index (Phi) is 3.51. The number of ether oxygens (including phenoxy) is 1. The first kappa shape index (κ1) is 11.3. The van der Waals surface area contributed by atoms with Crippen molar-refractivity contribution in [1.29, 1.82) is 0 Å². The van der Waals surface area contributed by atoms with E-state index in [4.69, 9.17) is 4.74 Å². The number of methoxy groups -OCH3 is 1. The summed E-state index contributed by atoms with van der Waals surface area (Å²) in [7, 11) is 1.48. The van der Waals surface area contributed by atoms with Crippen LogP contribution in [0.5, 0.6) is 11.5 Å². The van der Waals surface area contributed by atoms with Gasteiger partial charge in [-0.15, -0.1) is 0 Å². The van der Waals surface area contributed by atoms with Gasteiger partial charge < -0.3 is 20.3 Å². The van der Waals surface area contributed by atoms with Crippen LogP contribution < -0.4 is 5.32 Å². The van der Waals surface area contributed by atoms with Crippen LogP contribution in [0.3, 0.4) is 0 Å². The molecule has 0 aliphatic rings. The van der Waals surface area contributed by atoms with E-state index in [0.29, 0.717) is 5.56 Å². The SMILES string of the molecule is COCc1cc(O)c(NC(C)=O)cc1O. The average molecular weight is 211 g/mol. The van der Waals surface area contributed by atoms with E-state index >= 15 is 0 Å². The van der Waals surface area contributed by atoms with Crippen LogP contribution in [0.25, 0.3) is 0 Å². The minimum atomic E-state index is -0.316. The van der Waals surface area contributed by atoms with Crippen molar-refractivity contribution < 1.29 is 19.7 Å². The molecule has 0 aliphatic heterocycles. The van der Waals surface area contributed by atoms with Crippen molar-refractivity contribution in [2.75, 3.05) is 12.4 Å². The zero-order valence-corrected chi connectivity index (χ0v) is 8.57. The summed E-state index contributed by atoms with van der Waals surface area (Å²) in [5, 5.41) is 21.4. The summed E-state index contributed by atoms with van der Waals surface area (Å²) in [6.45, 7) is 1.51. The number of aromatic hydroxyl groups is 2. The lowest BCUT2D eigenvalue weighted by molar-refractivity contribution is -0.114. The lowest BCUT2D eigenvalue weighted by atomic mass is 10.1. The third-order valence-electron chi connectivity index (χ3n) is 1.81. The van der Waals surface area contributed by atoms with E-state index in [1.807, 2.05) is 0 Å². The standard InChI is InChI=1S/C10H13NO4/c1-6(12)11-8-4-9(13)7(5-15-2)3-10(8)14/h3-4,13-14H,5H2,1-2H3,(H,11,12). The Morgan fingerprint density at radius 2 is 2.07 bits per heavy atom. The molecule has 0 saturated carbocycles. The maximum atomic E-state index is 10.8. The quantitative estimate of drug-likeness (QED) is 0.518. The van der Waals surface area contributed by atoms with Gasteiger partial charge in [0.15, 0.2) is 0 Å². The summed E-state index contributed by atoms with van der Waals surface area (Å²) in [6.07, 6.45) is 0. The molecule has 0 fully saturated rings. The van der Waals surface area contributed by atoms with Crippen molar-refractivity contribution in [3.63, 3.8) is 0 Å². The van der Waals surface area contributed by atoms with Gasteiger partial charge in [-0.25, -0.2) is 0 Å². The largest absolute Gasteiger partial charge is 0.507 e. The molecule has 0 spiro atoms. The zero-order chi connectivity index (χ0) is 11.4. The number of benzene rings is 1. The Hall–Kier alpha value is -1.75. The van der Waals surface area contributed by atoms with Crippen molar-refractivity contribution in [2.24, 2.45) is 0 Å². The molecule has 0 aromatic heterocycles. The lowest BCUT2D eigenvalue weighted by Gasteiger charge is -2.09. The van der Waals surface area contributed by atoms with Gasteiger partial charge in [0.05, 0.1) is 12.3 Å². The third-order valence-corrected chi connectivity index (χ3v) is 1.81. The molecular formula is C10H13NO4. The van der Waals surface area contributed by atoms with Crippen LogP contribution in [0.4, 0.5) is 5.69 Å². The average Bonchev–Trinajstić information content (AvgIpc) is 2.13. The van der Waals surface area contributed by atoms with Gasteiger partial charge in [0.1, 0.15) is 11.5 Å². The predicted molar refractivity (Wildman–Crippen MR) is 54.8 cm³/mol. The van der Waals surface area contributed by atoms with Crippen molar-refractivity contribution in [2.45, 2.75) is 13.5 Å². The number of amides is 1. The van der Waals surface area contributed by atoms with Crippen molar-refractivity contribution in [1.82, 2.24) is 0 Å². The number of carbonyl (C=O) groups excluding carboxylic acids is 1. The van der Waals surface area contributed by atoms with Gasteiger partial charge in [0.25, 0.3) is 0 Å². The molecule has 0 unspecified atom stereocenters. The van der Waals surface area contributed by atoms with Gasteiger partial charge in [-0.3, -0.25) is 4.79 Å². The van der Waals surface area contributed by atoms with E-state index in [1.54, 1.807) is 0 Å². The molecule has 1 aromatic rings. The van der Waals surface area contributed by atoms with Crippen LogP contribution in [0.15, 0.2) is 12.1 Å². The zero-order valence-electron chi connectivity index (χ0n) is 8.57. The Labute approximate surface area is 87.3 Å². The molecule has 0 radical (unpaired) electrons. The highest BCUT2D eigenvalue weighted by Gasteiger charge is 2.09. The number of nitrogens with one attached hydrogen (secondary N) is 1. The second-order valence-corrected chi connectivity index (χ2v) is 3.11. The predicted octanol–water partition coefficient (Wildman–Crippen LogP) is 1.20. The van der Waals surface area contributed by atoms with E-state index < -0.39 is 0 Å². The summed E-state index contributed by atoms with van der Waals surface area (Å²) in [4.78, 5) is 10.8. The molecule has 0 atom stereocenters. The summed E-state index contributed by atoms with van der Waals surface area (Å²) in [5.41, 5.74) is 0.643. The summed E-state index contributed by atoms with van der Waals surface area (Å²) in [6, 6.07) is 2.63. The fourth-order valence-electron chi connectivity index (χ4n) is 1.18. The number of phenols is 2. The van der Waals surface area contributed by atoms with Gasteiger partial charge in [-0.05, 0) is 6.07 Å². The van der Waals surface area contributed by atoms with Gasteiger partial charge in [-0.2, -0.15) is 0 Å². The molecule has 1 amide bonds. The second-order valence-electron chi connectivity index (χ2n) is 3.11. The minimum Gasteiger partial charge on any atom is -0.507 e. The second kappa shape index (κ2) is 4.65. The fraction of sp³-hybridized carbons (Fsp3) is 0.300. The lowest BCUT2D eigenvalue weighted by Crippen LogP contribution is -2.06. The monoisotopic (exact) mass is 211 g/mol. The summed E-state index contributed by atoms with van der Waals surface area (Å²) < 4.78 is 4.83. The fourth-order valence-corrected chi connectivity index (χ4v) is 1.18. The molecular weight excluding hydrogens is 198 g/mol. The third kappa shape index (κ3) is 2.85. The van der Waals surface area contributed by atoms with E-state index in [9.17, 15) is 15.0 Å². The van der Waals surface area contributed by atoms with Crippen LogP contribution in [-0.2, 0) is 16.1 Å². The van der Waals surface area contributed by atoms with E-state index in [2.05, 4.69) is 5.32 Å². The first-order valence-corrected chi connectivity index (χ1v) is 4.36.